The lowest BCUT2D eigenvalue weighted by molar-refractivity contribution is -0.119. The second-order valence-electron chi connectivity index (χ2n) is 5.57. The van der Waals surface area contributed by atoms with Gasteiger partial charge in [-0.2, -0.15) is 0 Å². The molecule has 0 spiro atoms. The van der Waals surface area contributed by atoms with Crippen LogP contribution in [-0.4, -0.2) is 26.2 Å². The number of hydrogen-bond donors (Lipinski definition) is 1. The molecule has 1 atom stereocenters. The molecule has 1 amide bonds. The second kappa shape index (κ2) is 7.68. The van der Waals surface area contributed by atoms with Gasteiger partial charge < -0.3 is 14.8 Å². The standard InChI is InChI=1S/C19H23NO3/c1-13(20-14(2)21)11-15-5-7-16(8-6-15)18-10-9-17(22-3)12-19(18)23-4/h5-10,12-13H,11H2,1-4H3,(H,20,21). The predicted molar refractivity (Wildman–Crippen MR) is 92.0 cm³/mol. The summed E-state index contributed by atoms with van der Waals surface area (Å²) in [7, 11) is 3.29. The van der Waals surface area contributed by atoms with Gasteiger partial charge in [-0.1, -0.05) is 24.3 Å². The van der Waals surface area contributed by atoms with Gasteiger partial charge in [-0.15, -0.1) is 0 Å². The van der Waals surface area contributed by atoms with Crippen LogP contribution in [0.3, 0.4) is 0 Å². The van der Waals surface area contributed by atoms with Gasteiger partial charge in [0.1, 0.15) is 11.5 Å². The van der Waals surface area contributed by atoms with Gasteiger partial charge in [0.2, 0.25) is 5.91 Å². The Morgan fingerprint density at radius 2 is 1.78 bits per heavy atom. The molecule has 0 heterocycles. The highest BCUT2D eigenvalue weighted by molar-refractivity contribution is 5.73. The van der Waals surface area contributed by atoms with Crippen LogP contribution in [0, 0.1) is 0 Å². The molecule has 1 N–H and O–H groups in total. The third kappa shape index (κ3) is 4.49. The summed E-state index contributed by atoms with van der Waals surface area (Å²) < 4.78 is 10.7. The minimum Gasteiger partial charge on any atom is -0.497 e. The lowest BCUT2D eigenvalue weighted by Crippen LogP contribution is -2.31. The van der Waals surface area contributed by atoms with Gasteiger partial charge in [0, 0.05) is 24.6 Å². The number of benzene rings is 2. The minimum absolute atomic E-state index is 0.00270. The molecule has 4 nitrogen and oxygen atoms in total. The Hall–Kier alpha value is -2.49. The Labute approximate surface area is 137 Å². The van der Waals surface area contributed by atoms with Crippen molar-refractivity contribution in [2.45, 2.75) is 26.3 Å². The second-order valence-corrected chi connectivity index (χ2v) is 5.57. The normalized spacial score (nSPS) is 11.7. The van der Waals surface area contributed by atoms with E-state index in [1.165, 1.54) is 12.5 Å². The molecule has 0 aliphatic rings. The zero-order valence-corrected chi connectivity index (χ0v) is 14.1. The Morgan fingerprint density at radius 3 is 2.35 bits per heavy atom. The minimum atomic E-state index is -0.00270. The fraction of sp³-hybridized carbons (Fsp3) is 0.316. The molecule has 0 saturated carbocycles. The van der Waals surface area contributed by atoms with Gasteiger partial charge in [-0.05, 0) is 36.6 Å². The molecule has 0 aromatic heterocycles. The van der Waals surface area contributed by atoms with Crippen molar-refractivity contribution < 1.29 is 14.3 Å². The molecule has 2 rings (SSSR count). The molecule has 0 aliphatic carbocycles. The summed E-state index contributed by atoms with van der Waals surface area (Å²) in [6.45, 7) is 3.54. The smallest absolute Gasteiger partial charge is 0.217 e. The number of rotatable bonds is 6. The topological polar surface area (TPSA) is 47.6 Å². The first-order chi connectivity index (χ1) is 11.0. The average Bonchev–Trinajstić information content (AvgIpc) is 2.54. The largest absolute Gasteiger partial charge is 0.497 e. The summed E-state index contributed by atoms with van der Waals surface area (Å²) >= 11 is 0. The van der Waals surface area contributed by atoms with Crippen LogP contribution in [0.2, 0.25) is 0 Å². The van der Waals surface area contributed by atoms with E-state index in [0.29, 0.717) is 0 Å². The number of nitrogens with one attached hydrogen (secondary N) is 1. The SMILES string of the molecule is COc1ccc(-c2ccc(CC(C)NC(C)=O)cc2)c(OC)c1. The molecule has 4 heteroatoms. The zero-order chi connectivity index (χ0) is 16.8. The summed E-state index contributed by atoms with van der Waals surface area (Å²) in [5, 5.41) is 2.90. The quantitative estimate of drug-likeness (QED) is 0.888. The van der Waals surface area contributed by atoms with E-state index < -0.39 is 0 Å². The van der Waals surface area contributed by atoms with Crippen LogP contribution >= 0.6 is 0 Å². The first-order valence-electron chi connectivity index (χ1n) is 7.62. The average molecular weight is 313 g/mol. The van der Waals surface area contributed by atoms with Crippen molar-refractivity contribution in [1.29, 1.82) is 0 Å². The maximum Gasteiger partial charge on any atom is 0.217 e. The van der Waals surface area contributed by atoms with Gasteiger partial charge in [0.15, 0.2) is 0 Å². The van der Waals surface area contributed by atoms with Crippen molar-refractivity contribution in [2.24, 2.45) is 0 Å². The van der Waals surface area contributed by atoms with Crippen LogP contribution in [0.1, 0.15) is 19.4 Å². The Balaban J connectivity index is 2.18. The Morgan fingerprint density at radius 1 is 1.09 bits per heavy atom. The summed E-state index contributed by atoms with van der Waals surface area (Å²) in [5.41, 5.74) is 3.29. The van der Waals surface area contributed by atoms with Crippen LogP contribution in [-0.2, 0) is 11.2 Å². The lowest BCUT2D eigenvalue weighted by atomic mass is 10.00. The van der Waals surface area contributed by atoms with Crippen molar-refractivity contribution in [2.75, 3.05) is 14.2 Å². The molecule has 0 saturated heterocycles. The number of carbonyl (C=O) groups excluding carboxylic acids is 1. The van der Waals surface area contributed by atoms with Crippen LogP contribution < -0.4 is 14.8 Å². The van der Waals surface area contributed by atoms with Crippen LogP contribution in [0.15, 0.2) is 42.5 Å². The molecule has 23 heavy (non-hydrogen) atoms. The predicted octanol–water partition coefficient (Wildman–Crippen LogP) is 3.44. The van der Waals surface area contributed by atoms with Gasteiger partial charge in [-0.3, -0.25) is 4.79 Å². The zero-order valence-electron chi connectivity index (χ0n) is 14.1. The summed E-state index contributed by atoms with van der Waals surface area (Å²) in [4.78, 5) is 11.1. The summed E-state index contributed by atoms with van der Waals surface area (Å²) in [5.74, 6) is 1.55. The third-order valence-corrected chi connectivity index (χ3v) is 3.67. The van der Waals surface area contributed by atoms with Crippen molar-refractivity contribution in [3.05, 3.63) is 48.0 Å². The van der Waals surface area contributed by atoms with Crippen molar-refractivity contribution in [1.82, 2.24) is 5.32 Å². The molecular weight excluding hydrogens is 290 g/mol. The molecule has 0 aliphatic heterocycles. The van der Waals surface area contributed by atoms with Crippen molar-refractivity contribution in [3.8, 4) is 22.6 Å². The first kappa shape index (κ1) is 16.9. The highest BCUT2D eigenvalue weighted by Gasteiger charge is 2.09. The highest BCUT2D eigenvalue weighted by atomic mass is 16.5. The fourth-order valence-electron chi connectivity index (χ4n) is 2.61. The van der Waals surface area contributed by atoms with Crippen LogP contribution in [0.4, 0.5) is 0 Å². The summed E-state index contributed by atoms with van der Waals surface area (Å²) in [6.07, 6.45) is 0.805. The lowest BCUT2D eigenvalue weighted by Gasteiger charge is -2.14. The molecule has 0 radical (unpaired) electrons. The molecule has 2 aromatic rings. The van der Waals surface area contributed by atoms with E-state index in [0.717, 1.165) is 29.0 Å². The molecule has 0 bridgehead atoms. The maximum absolute atomic E-state index is 11.1. The van der Waals surface area contributed by atoms with E-state index in [4.69, 9.17) is 9.47 Å². The molecule has 1 unspecified atom stereocenters. The fourth-order valence-corrected chi connectivity index (χ4v) is 2.61. The van der Waals surface area contributed by atoms with E-state index in [9.17, 15) is 4.79 Å². The van der Waals surface area contributed by atoms with E-state index >= 15 is 0 Å². The van der Waals surface area contributed by atoms with E-state index in [1.54, 1.807) is 14.2 Å². The van der Waals surface area contributed by atoms with Crippen LogP contribution in [0.5, 0.6) is 11.5 Å². The van der Waals surface area contributed by atoms with E-state index in [-0.39, 0.29) is 11.9 Å². The molecular formula is C19H23NO3. The third-order valence-electron chi connectivity index (χ3n) is 3.67. The van der Waals surface area contributed by atoms with E-state index in [2.05, 4.69) is 29.6 Å². The number of amides is 1. The number of carbonyl (C=O) groups is 1. The molecule has 2 aromatic carbocycles. The summed E-state index contributed by atoms with van der Waals surface area (Å²) in [6, 6.07) is 14.2. The van der Waals surface area contributed by atoms with Gasteiger partial charge >= 0.3 is 0 Å². The number of ether oxygens (including phenoxy) is 2. The van der Waals surface area contributed by atoms with Gasteiger partial charge in [-0.25, -0.2) is 0 Å². The number of hydrogen-bond acceptors (Lipinski definition) is 3. The van der Waals surface area contributed by atoms with Crippen molar-refractivity contribution in [3.63, 3.8) is 0 Å². The van der Waals surface area contributed by atoms with Gasteiger partial charge in [0.25, 0.3) is 0 Å². The molecule has 0 fully saturated rings. The Bertz CT molecular complexity index is 665. The first-order valence-corrected chi connectivity index (χ1v) is 7.62. The monoisotopic (exact) mass is 313 g/mol. The van der Waals surface area contributed by atoms with E-state index in [1.807, 2.05) is 25.1 Å². The van der Waals surface area contributed by atoms with Gasteiger partial charge in [0.05, 0.1) is 14.2 Å². The Kier molecular flexibility index (Phi) is 5.63. The molecule has 122 valence electrons. The van der Waals surface area contributed by atoms with Crippen LogP contribution in [0.25, 0.3) is 11.1 Å². The number of methoxy groups -OCH3 is 2. The van der Waals surface area contributed by atoms with Crippen molar-refractivity contribution >= 4 is 5.91 Å². The maximum atomic E-state index is 11.1. The highest BCUT2D eigenvalue weighted by Crippen LogP contribution is 2.33.